The van der Waals surface area contributed by atoms with Gasteiger partial charge in [-0.1, -0.05) is 46.3 Å². The standard InChI is InChI=1S/C23H20BrF3N4O/c24-16-9-7-14(8-10-16)18-12-20(23(25,26)27)31-21(29-18)17(13-28-31)22(32)30-11-3-5-15-4-1-2-6-19(15)30/h1-2,4,6-10,13,18,20,29H,3,5,11-12H2/t18-,20+/m0/s1. The van der Waals surface area contributed by atoms with Gasteiger partial charge in [0.2, 0.25) is 0 Å². The molecule has 3 heterocycles. The lowest BCUT2D eigenvalue weighted by Crippen LogP contribution is -2.38. The van der Waals surface area contributed by atoms with Gasteiger partial charge in [0.1, 0.15) is 11.4 Å². The number of amides is 1. The lowest BCUT2D eigenvalue weighted by Gasteiger charge is -2.35. The largest absolute Gasteiger partial charge is 0.410 e. The van der Waals surface area contributed by atoms with E-state index < -0.39 is 18.3 Å². The van der Waals surface area contributed by atoms with E-state index in [0.29, 0.717) is 6.54 Å². The quantitative estimate of drug-likeness (QED) is 0.472. The zero-order chi connectivity index (χ0) is 22.5. The van der Waals surface area contributed by atoms with Crippen LogP contribution < -0.4 is 10.2 Å². The van der Waals surface area contributed by atoms with Crippen molar-refractivity contribution < 1.29 is 18.0 Å². The van der Waals surface area contributed by atoms with Gasteiger partial charge in [-0.2, -0.15) is 18.3 Å². The molecule has 2 atom stereocenters. The van der Waals surface area contributed by atoms with Crippen LogP contribution in [0, 0.1) is 0 Å². The van der Waals surface area contributed by atoms with Crippen molar-refractivity contribution in [3.63, 3.8) is 0 Å². The molecule has 3 aromatic rings. The van der Waals surface area contributed by atoms with E-state index in [1.165, 1.54) is 6.20 Å². The summed E-state index contributed by atoms with van der Waals surface area (Å²) in [4.78, 5) is 15.1. The fraction of sp³-hybridized carbons (Fsp3) is 0.304. The van der Waals surface area contributed by atoms with Crippen LogP contribution in [0.4, 0.5) is 24.7 Å². The van der Waals surface area contributed by atoms with E-state index in [1.54, 1.807) is 29.2 Å². The highest BCUT2D eigenvalue weighted by Gasteiger charge is 2.47. The van der Waals surface area contributed by atoms with E-state index in [0.717, 1.165) is 38.8 Å². The Hall–Kier alpha value is -2.81. The third-order valence-corrected chi connectivity index (χ3v) is 6.63. The van der Waals surface area contributed by atoms with Crippen LogP contribution in [-0.4, -0.2) is 28.4 Å². The predicted molar refractivity (Wildman–Crippen MR) is 119 cm³/mol. The van der Waals surface area contributed by atoms with Gasteiger partial charge >= 0.3 is 6.18 Å². The molecule has 1 amide bonds. The van der Waals surface area contributed by atoms with E-state index in [-0.39, 0.29) is 23.7 Å². The average molecular weight is 505 g/mol. The van der Waals surface area contributed by atoms with Crippen LogP contribution in [0.25, 0.3) is 0 Å². The topological polar surface area (TPSA) is 50.2 Å². The van der Waals surface area contributed by atoms with Gasteiger partial charge in [0.15, 0.2) is 6.04 Å². The number of hydrogen-bond acceptors (Lipinski definition) is 3. The molecule has 1 N–H and O–H groups in total. The van der Waals surface area contributed by atoms with Crippen molar-refractivity contribution in [2.75, 3.05) is 16.8 Å². The number of anilines is 2. The van der Waals surface area contributed by atoms with Gasteiger partial charge in [0.05, 0.1) is 12.2 Å². The molecule has 0 unspecified atom stereocenters. The van der Waals surface area contributed by atoms with Crippen molar-refractivity contribution in [1.29, 1.82) is 0 Å². The maximum Gasteiger partial charge on any atom is 0.410 e. The number of rotatable bonds is 2. The van der Waals surface area contributed by atoms with Crippen LogP contribution in [0.3, 0.4) is 0 Å². The summed E-state index contributed by atoms with van der Waals surface area (Å²) in [6.45, 7) is 0.513. The lowest BCUT2D eigenvalue weighted by molar-refractivity contribution is -0.173. The Kier molecular flexibility index (Phi) is 5.23. The van der Waals surface area contributed by atoms with E-state index in [1.807, 2.05) is 24.3 Å². The summed E-state index contributed by atoms with van der Waals surface area (Å²) in [6.07, 6.45) is -1.78. The molecule has 0 aliphatic carbocycles. The van der Waals surface area contributed by atoms with Gasteiger partial charge in [-0.25, -0.2) is 4.68 Å². The van der Waals surface area contributed by atoms with Gasteiger partial charge < -0.3 is 10.2 Å². The first-order valence-corrected chi connectivity index (χ1v) is 11.2. The number of carbonyl (C=O) groups excluding carboxylic acids is 1. The van der Waals surface area contributed by atoms with Crippen LogP contribution in [-0.2, 0) is 6.42 Å². The molecule has 2 aliphatic rings. The van der Waals surface area contributed by atoms with Crippen molar-refractivity contribution in [3.05, 3.63) is 75.9 Å². The number of halogens is 4. The van der Waals surface area contributed by atoms with Crippen molar-refractivity contribution >= 4 is 33.3 Å². The summed E-state index contributed by atoms with van der Waals surface area (Å²) in [5.74, 6) is -0.233. The number of hydrogen-bond donors (Lipinski definition) is 1. The summed E-state index contributed by atoms with van der Waals surface area (Å²) in [7, 11) is 0. The number of carbonyl (C=O) groups is 1. The minimum Gasteiger partial charge on any atom is -0.363 e. The summed E-state index contributed by atoms with van der Waals surface area (Å²) in [5.41, 5.74) is 2.73. The minimum absolute atomic E-state index is 0.111. The third-order valence-electron chi connectivity index (χ3n) is 6.10. The van der Waals surface area contributed by atoms with Crippen molar-refractivity contribution in [2.45, 2.75) is 37.5 Å². The normalized spacial score (nSPS) is 20.3. The zero-order valence-corrected chi connectivity index (χ0v) is 18.5. The molecule has 2 aromatic carbocycles. The molecule has 5 rings (SSSR count). The first-order chi connectivity index (χ1) is 15.3. The van der Waals surface area contributed by atoms with Gasteiger partial charge in [0.25, 0.3) is 5.91 Å². The first kappa shape index (κ1) is 21.1. The van der Waals surface area contributed by atoms with Gasteiger partial charge in [-0.05, 0) is 42.2 Å². The number of para-hydroxylation sites is 1. The Morgan fingerprint density at radius 1 is 1.12 bits per heavy atom. The monoisotopic (exact) mass is 504 g/mol. The SMILES string of the molecule is O=C(c1cnn2c1N[C@H](c1ccc(Br)cc1)C[C@@H]2C(F)(F)F)N1CCCc2ccccc21. The highest BCUT2D eigenvalue weighted by Crippen LogP contribution is 2.45. The van der Waals surface area contributed by atoms with Crippen LogP contribution in [0.15, 0.2) is 59.2 Å². The van der Waals surface area contributed by atoms with E-state index >= 15 is 0 Å². The van der Waals surface area contributed by atoms with Gasteiger partial charge in [-0.3, -0.25) is 4.79 Å². The summed E-state index contributed by atoms with van der Waals surface area (Å²) in [6, 6.07) is 12.4. The van der Waals surface area contributed by atoms with Crippen LogP contribution in [0.1, 0.15) is 46.4 Å². The highest BCUT2D eigenvalue weighted by molar-refractivity contribution is 9.10. The Balaban J connectivity index is 1.54. The molecule has 2 aliphatic heterocycles. The fourth-order valence-electron chi connectivity index (χ4n) is 4.52. The van der Waals surface area contributed by atoms with Crippen molar-refractivity contribution in [2.24, 2.45) is 0 Å². The van der Waals surface area contributed by atoms with E-state index in [2.05, 4.69) is 26.3 Å². The van der Waals surface area contributed by atoms with Gasteiger partial charge in [-0.15, -0.1) is 0 Å². The average Bonchev–Trinajstić information content (AvgIpc) is 3.21. The highest BCUT2D eigenvalue weighted by atomic mass is 79.9. The summed E-state index contributed by atoms with van der Waals surface area (Å²) in [5, 5.41) is 7.16. The number of nitrogens with zero attached hydrogens (tertiary/aromatic N) is 3. The molecule has 166 valence electrons. The Morgan fingerprint density at radius 3 is 2.62 bits per heavy atom. The molecule has 5 nitrogen and oxygen atoms in total. The number of aryl methyl sites for hydroxylation is 1. The van der Waals surface area contributed by atoms with E-state index in [9.17, 15) is 18.0 Å². The summed E-state index contributed by atoms with van der Waals surface area (Å²) >= 11 is 3.36. The molecular weight excluding hydrogens is 485 g/mol. The number of nitrogens with one attached hydrogen (secondary N) is 1. The number of alkyl halides is 3. The van der Waals surface area contributed by atoms with E-state index in [4.69, 9.17) is 0 Å². The Morgan fingerprint density at radius 2 is 1.88 bits per heavy atom. The fourth-order valence-corrected chi connectivity index (χ4v) is 4.79. The second-order valence-electron chi connectivity index (χ2n) is 8.08. The predicted octanol–water partition coefficient (Wildman–Crippen LogP) is 5.90. The number of fused-ring (bicyclic) bond motifs is 2. The third kappa shape index (κ3) is 3.68. The van der Waals surface area contributed by atoms with Crippen LogP contribution >= 0.6 is 15.9 Å². The maximum atomic E-state index is 13.9. The van der Waals surface area contributed by atoms with Crippen LogP contribution in [0.5, 0.6) is 0 Å². The van der Waals surface area contributed by atoms with Crippen molar-refractivity contribution in [3.8, 4) is 0 Å². The number of aromatic nitrogens is 2. The molecule has 0 spiro atoms. The molecule has 9 heteroatoms. The molecule has 0 bridgehead atoms. The molecular formula is C23H20BrF3N4O. The van der Waals surface area contributed by atoms with Gasteiger partial charge in [0, 0.05) is 23.1 Å². The molecule has 0 saturated carbocycles. The maximum absolute atomic E-state index is 13.9. The molecule has 0 fully saturated rings. The first-order valence-electron chi connectivity index (χ1n) is 10.4. The Bertz CT molecular complexity index is 1160. The summed E-state index contributed by atoms with van der Waals surface area (Å²) < 4.78 is 43.6. The second-order valence-corrected chi connectivity index (χ2v) is 9.00. The smallest absolute Gasteiger partial charge is 0.363 e. The minimum atomic E-state index is -4.49. The molecule has 0 saturated heterocycles. The zero-order valence-electron chi connectivity index (χ0n) is 16.9. The number of benzene rings is 2. The second kappa shape index (κ2) is 7.95. The molecule has 32 heavy (non-hydrogen) atoms. The molecule has 1 aromatic heterocycles. The van der Waals surface area contributed by atoms with Crippen molar-refractivity contribution in [1.82, 2.24) is 9.78 Å². The Labute approximate surface area is 191 Å². The molecule has 0 radical (unpaired) electrons. The van der Waals surface area contributed by atoms with Crippen LogP contribution in [0.2, 0.25) is 0 Å². The lowest BCUT2D eigenvalue weighted by atomic mass is 9.96.